The van der Waals surface area contributed by atoms with Crippen molar-refractivity contribution in [3.05, 3.63) is 69.6 Å². The maximum absolute atomic E-state index is 12.4. The highest BCUT2D eigenvalue weighted by molar-refractivity contribution is 5.94. The first-order valence-corrected chi connectivity index (χ1v) is 7.18. The molecule has 0 aliphatic rings. The largest absolute Gasteiger partial charge is 0.344 e. The molecule has 2 rings (SSSR count). The number of carbonyl (C=O) groups excluding carboxylic acids is 1. The topological polar surface area (TPSA) is 65.2 Å². The summed E-state index contributed by atoms with van der Waals surface area (Å²) in [6.07, 6.45) is 0. The van der Waals surface area contributed by atoms with Gasteiger partial charge in [-0.25, -0.2) is 0 Å². The van der Waals surface area contributed by atoms with Crippen LogP contribution in [0.15, 0.2) is 47.3 Å². The molecule has 0 saturated heterocycles. The number of carbonyl (C=O) groups is 1. The van der Waals surface area contributed by atoms with Crippen molar-refractivity contribution in [3.8, 4) is 0 Å². The van der Waals surface area contributed by atoms with Crippen molar-refractivity contribution in [3.63, 3.8) is 0 Å². The molecule has 0 saturated carbocycles. The van der Waals surface area contributed by atoms with Crippen LogP contribution in [0, 0.1) is 6.92 Å². The summed E-state index contributed by atoms with van der Waals surface area (Å²) in [5.41, 5.74) is 1.50. The predicted octanol–water partition coefficient (Wildman–Crippen LogP) is 1.72. The molecule has 0 fully saturated rings. The van der Waals surface area contributed by atoms with Crippen molar-refractivity contribution in [2.24, 2.45) is 0 Å². The average molecular weight is 299 g/mol. The molecule has 1 aromatic carbocycles. The van der Waals surface area contributed by atoms with E-state index in [1.165, 1.54) is 0 Å². The standard InChI is InChI=1S/C17H21N3O2/c1-12-9-10-14(16(21)18-12)17(22)19-15(11-20(2)3)13-7-5-4-6-8-13/h4-10,15H,11H2,1-3H3,(H,18,21)(H,19,22)/t15-/m1/s1. The third-order valence-corrected chi connectivity index (χ3v) is 3.35. The van der Waals surface area contributed by atoms with Crippen LogP contribution in [0.2, 0.25) is 0 Å². The van der Waals surface area contributed by atoms with Gasteiger partial charge in [-0.2, -0.15) is 0 Å². The summed E-state index contributed by atoms with van der Waals surface area (Å²) in [4.78, 5) is 28.9. The lowest BCUT2D eigenvalue weighted by molar-refractivity contribution is 0.0928. The fourth-order valence-corrected chi connectivity index (χ4v) is 2.27. The normalized spacial score (nSPS) is 12.2. The van der Waals surface area contributed by atoms with E-state index >= 15 is 0 Å². The molecule has 5 heteroatoms. The lowest BCUT2D eigenvalue weighted by Crippen LogP contribution is -2.37. The fourth-order valence-electron chi connectivity index (χ4n) is 2.27. The second kappa shape index (κ2) is 7.04. The van der Waals surface area contributed by atoms with E-state index in [9.17, 15) is 9.59 Å². The quantitative estimate of drug-likeness (QED) is 0.883. The number of amides is 1. The van der Waals surface area contributed by atoms with E-state index < -0.39 is 0 Å². The summed E-state index contributed by atoms with van der Waals surface area (Å²) >= 11 is 0. The Balaban J connectivity index is 2.23. The van der Waals surface area contributed by atoms with Crippen molar-refractivity contribution in [1.82, 2.24) is 15.2 Å². The van der Waals surface area contributed by atoms with Gasteiger partial charge in [-0.3, -0.25) is 9.59 Å². The SMILES string of the molecule is Cc1ccc(C(=O)N[C@H](CN(C)C)c2ccccc2)c(=O)[nH]1. The number of hydrogen-bond acceptors (Lipinski definition) is 3. The van der Waals surface area contributed by atoms with Crippen molar-refractivity contribution in [2.75, 3.05) is 20.6 Å². The Labute approximate surface area is 130 Å². The van der Waals surface area contributed by atoms with Crippen molar-refractivity contribution < 1.29 is 4.79 Å². The molecule has 2 aromatic rings. The van der Waals surface area contributed by atoms with E-state index in [1.54, 1.807) is 19.1 Å². The molecule has 116 valence electrons. The van der Waals surface area contributed by atoms with Crippen LogP contribution < -0.4 is 10.9 Å². The summed E-state index contributed by atoms with van der Waals surface area (Å²) in [5.74, 6) is -0.364. The second-order valence-electron chi connectivity index (χ2n) is 5.58. The van der Waals surface area contributed by atoms with Gasteiger partial charge in [0.15, 0.2) is 0 Å². The van der Waals surface area contributed by atoms with E-state index in [4.69, 9.17) is 0 Å². The number of nitrogens with one attached hydrogen (secondary N) is 2. The van der Waals surface area contributed by atoms with E-state index in [2.05, 4.69) is 10.3 Å². The smallest absolute Gasteiger partial charge is 0.260 e. The molecule has 22 heavy (non-hydrogen) atoms. The minimum Gasteiger partial charge on any atom is -0.344 e. The number of H-pyrrole nitrogens is 1. The van der Waals surface area contributed by atoms with Crippen LogP contribution in [-0.4, -0.2) is 36.4 Å². The number of aromatic nitrogens is 1. The van der Waals surface area contributed by atoms with Crippen molar-refractivity contribution in [1.29, 1.82) is 0 Å². The number of likely N-dealkylation sites (N-methyl/N-ethyl adjacent to an activating group) is 1. The number of benzene rings is 1. The zero-order valence-corrected chi connectivity index (χ0v) is 13.1. The third kappa shape index (κ3) is 4.05. The van der Waals surface area contributed by atoms with E-state index in [-0.39, 0.29) is 23.1 Å². The number of aromatic amines is 1. The van der Waals surface area contributed by atoms with Crippen LogP contribution in [-0.2, 0) is 0 Å². The van der Waals surface area contributed by atoms with Crippen LogP contribution in [0.5, 0.6) is 0 Å². The number of nitrogens with zero attached hydrogens (tertiary/aromatic N) is 1. The molecular formula is C17H21N3O2. The molecule has 1 heterocycles. The Kier molecular flexibility index (Phi) is 5.12. The lowest BCUT2D eigenvalue weighted by atomic mass is 10.1. The Morgan fingerprint density at radius 2 is 1.86 bits per heavy atom. The summed E-state index contributed by atoms with van der Waals surface area (Å²) in [6, 6.07) is 12.8. The Hall–Kier alpha value is -2.40. The highest BCUT2D eigenvalue weighted by atomic mass is 16.2. The van der Waals surface area contributed by atoms with Crippen LogP contribution in [0.3, 0.4) is 0 Å². The maximum atomic E-state index is 12.4. The number of hydrogen-bond donors (Lipinski definition) is 2. The highest BCUT2D eigenvalue weighted by Gasteiger charge is 2.18. The molecule has 0 radical (unpaired) electrons. The average Bonchev–Trinajstić information content (AvgIpc) is 2.46. The fraction of sp³-hybridized carbons (Fsp3) is 0.294. The van der Waals surface area contributed by atoms with Crippen LogP contribution in [0.25, 0.3) is 0 Å². The van der Waals surface area contributed by atoms with Crippen LogP contribution >= 0.6 is 0 Å². The minimum absolute atomic E-state index is 0.130. The highest BCUT2D eigenvalue weighted by Crippen LogP contribution is 2.13. The van der Waals surface area contributed by atoms with Crippen LogP contribution in [0.4, 0.5) is 0 Å². The molecule has 0 bridgehead atoms. The molecule has 0 spiro atoms. The van der Waals surface area contributed by atoms with Gasteiger partial charge >= 0.3 is 0 Å². The minimum atomic E-state index is -0.367. The predicted molar refractivity (Wildman–Crippen MR) is 87.0 cm³/mol. The molecule has 1 atom stereocenters. The molecule has 0 unspecified atom stereocenters. The summed E-state index contributed by atoms with van der Waals surface area (Å²) in [6.45, 7) is 2.43. The third-order valence-electron chi connectivity index (χ3n) is 3.35. The molecule has 1 amide bonds. The van der Waals surface area contributed by atoms with Gasteiger partial charge < -0.3 is 15.2 Å². The first kappa shape index (κ1) is 16.0. The summed E-state index contributed by atoms with van der Waals surface area (Å²) < 4.78 is 0. The summed E-state index contributed by atoms with van der Waals surface area (Å²) in [7, 11) is 3.89. The molecule has 0 aliphatic heterocycles. The van der Waals surface area contributed by atoms with Crippen LogP contribution in [0.1, 0.15) is 27.7 Å². The molecule has 0 aliphatic carbocycles. The van der Waals surface area contributed by atoms with Gasteiger partial charge in [-0.05, 0) is 38.7 Å². The second-order valence-corrected chi connectivity index (χ2v) is 5.58. The van der Waals surface area contributed by atoms with Gasteiger partial charge in [0.05, 0.1) is 6.04 Å². The lowest BCUT2D eigenvalue weighted by Gasteiger charge is -2.22. The molecule has 2 N–H and O–H groups in total. The van der Waals surface area contributed by atoms with E-state index in [1.807, 2.05) is 49.3 Å². The molecular weight excluding hydrogens is 278 g/mol. The zero-order chi connectivity index (χ0) is 16.1. The zero-order valence-electron chi connectivity index (χ0n) is 13.1. The molecule has 1 aromatic heterocycles. The number of pyridine rings is 1. The monoisotopic (exact) mass is 299 g/mol. The Morgan fingerprint density at radius 3 is 2.45 bits per heavy atom. The number of aryl methyl sites for hydroxylation is 1. The van der Waals surface area contributed by atoms with Crippen molar-refractivity contribution >= 4 is 5.91 Å². The first-order valence-electron chi connectivity index (χ1n) is 7.18. The maximum Gasteiger partial charge on any atom is 0.260 e. The van der Waals surface area contributed by atoms with Crippen molar-refractivity contribution in [2.45, 2.75) is 13.0 Å². The first-order chi connectivity index (χ1) is 10.5. The Bertz CT molecular complexity index is 693. The summed E-state index contributed by atoms with van der Waals surface area (Å²) in [5, 5.41) is 2.94. The van der Waals surface area contributed by atoms with E-state index in [0.29, 0.717) is 6.54 Å². The van der Waals surface area contributed by atoms with Gasteiger partial charge in [-0.15, -0.1) is 0 Å². The van der Waals surface area contributed by atoms with Gasteiger partial charge in [0.2, 0.25) is 0 Å². The molecule has 5 nitrogen and oxygen atoms in total. The van der Waals surface area contributed by atoms with Gasteiger partial charge in [0.25, 0.3) is 11.5 Å². The Morgan fingerprint density at radius 1 is 1.18 bits per heavy atom. The van der Waals surface area contributed by atoms with Gasteiger partial charge in [-0.1, -0.05) is 30.3 Å². The van der Waals surface area contributed by atoms with Gasteiger partial charge in [0, 0.05) is 12.2 Å². The van der Waals surface area contributed by atoms with E-state index in [0.717, 1.165) is 11.3 Å². The van der Waals surface area contributed by atoms with Gasteiger partial charge in [0.1, 0.15) is 5.56 Å². The number of rotatable bonds is 5.